The highest BCUT2D eigenvalue weighted by Gasteiger charge is 2.21. The summed E-state index contributed by atoms with van der Waals surface area (Å²) >= 11 is 0. The van der Waals surface area contributed by atoms with Crippen molar-refractivity contribution in [3.8, 4) is 0 Å². The Morgan fingerprint density at radius 2 is 1.63 bits per heavy atom. The van der Waals surface area contributed by atoms with Crippen LogP contribution in [0.4, 0.5) is 8.78 Å². The number of unbranched alkanes of at least 4 members (excludes halogenated alkanes) is 2. The molecule has 1 aliphatic rings. The van der Waals surface area contributed by atoms with Crippen molar-refractivity contribution >= 4 is 12.2 Å². The third-order valence-electron chi connectivity index (χ3n) is 5.89. The molecule has 0 nitrogen and oxygen atoms in total. The molecule has 2 aromatic rings. The molecule has 0 spiro atoms. The minimum absolute atomic E-state index is 0.405. The smallest absolute Gasteiger partial charge is 0.133 e. The third-order valence-corrected chi connectivity index (χ3v) is 5.89. The normalized spacial score (nSPS) is 20.3. The Kier molecular flexibility index (Phi) is 7.20. The van der Waals surface area contributed by atoms with Crippen molar-refractivity contribution in [2.45, 2.75) is 64.2 Å². The van der Waals surface area contributed by atoms with Crippen LogP contribution in [0.15, 0.2) is 42.5 Å². The zero-order valence-electron chi connectivity index (χ0n) is 16.3. The first-order valence-corrected chi connectivity index (χ1v) is 10.4. The highest BCUT2D eigenvalue weighted by atomic mass is 19.1. The molecule has 0 N–H and O–H groups in total. The summed E-state index contributed by atoms with van der Waals surface area (Å²) in [6.07, 6.45) is 14.4. The van der Waals surface area contributed by atoms with Crippen LogP contribution in [0.3, 0.4) is 0 Å². The maximum absolute atomic E-state index is 13.7. The fourth-order valence-corrected chi connectivity index (χ4v) is 4.17. The molecule has 1 aliphatic carbocycles. The Bertz CT molecular complexity index is 737. The van der Waals surface area contributed by atoms with E-state index in [0.717, 1.165) is 17.5 Å². The first-order chi connectivity index (χ1) is 13.2. The van der Waals surface area contributed by atoms with Gasteiger partial charge >= 0.3 is 0 Å². The molecule has 0 radical (unpaired) electrons. The summed E-state index contributed by atoms with van der Waals surface area (Å²) in [6.45, 7) is 2.27. The van der Waals surface area contributed by atoms with E-state index in [2.05, 4.69) is 31.2 Å². The molecule has 2 aromatic carbocycles. The van der Waals surface area contributed by atoms with Crippen LogP contribution in [-0.4, -0.2) is 0 Å². The van der Waals surface area contributed by atoms with Crippen LogP contribution < -0.4 is 0 Å². The number of benzene rings is 2. The first-order valence-electron chi connectivity index (χ1n) is 10.4. The zero-order valence-corrected chi connectivity index (χ0v) is 16.3. The van der Waals surface area contributed by atoms with E-state index >= 15 is 0 Å². The minimum Gasteiger partial charge on any atom is -0.207 e. The van der Waals surface area contributed by atoms with Crippen LogP contribution in [0.5, 0.6) is 0 Å². The minimum atomic E-state index is -0.547. The van der Waals surface area contributed by atoms with Crippen molar-refractivity contribution < 1.29 is 8.78 Å². The van der Waals surface area contributed by atoms with E-state index in [4.69, 9.17) is 0 Å². The predicted octanol–water partition coefficient (Wildman–Crippen LogP) is 7.99. The molecular weight excluding hydrogens is 338 g/mol. The van der Waals surface area contributed by atoms with E-state index < -0.39 is 11.6 Å². The van der Waals surface area contributed by atoms with Crippen LogP contribution in [0, 0.1) is 17.6 Å². The van der Waals surface area contributed by atoms with Crippen LogP contribution in [0.1, 0.15) is 80.9 Å². The van der Waals surface area contributed by atoms with E-state index in [9.17, 15) is 8.78 Å². The van der Waals surface area contributed by atoms with Gasteiger partial charge in [0.05, 0.1) is 0 Å². The topological polar surface area (TPSA) is 0 Å². The van der Waals surface area contributed by atoms with Crippen LogP contribution >= 0.6 is 0 Å². The second-order valence-electron chi connectivity index (χ2n) is 7.88. The largest absolute Gasteiger partial charge is 0.207 e. The number of hydrogen-bond donors (Lipinski definition) is 0. The van der Waals surface area contributed by atoms with Crippen LogP contribution in [0.2, 0.25) is 0 Å². The van der Waals surface area contributed by atoms with E-state index in [1.165, 1.54) is 69.1 Å². The molecule has 0 aromatic heterocycles. The summed E-state index contributed by atoms with van der Waals surface area (Å²) in [5.41, 5.74) is 2.87. The summed E-state index contributed by atoms with van der Waals surface area (Å²) in [5, 5.41) is 0. The van der Waals surface area contributed by atoms with Crippen LogP contribution in [-0.2, 0) is 0 Å². The second-order valence-corrected chi connectivity index (χ2v) is 7.88. The summed E-state index contributed by atoms with van der Waals surface area (Å²) in [6, 6.07) is 12.3. The fraction of sp³-hybridized carbons (Fsp3) is 0.440. The fourth-order valence-electron chi connectivity index (χ4n) is 4.17. The van der Waals surface area contributed by atoms with Gasteiger partial charge in [-0.3, -0.25) is 0 Å². The summed E-state index contributed by atoms with van der Waals surface area (Å²) in [5.74, 6) is 0.535. The molecule has 0 saturated heterocycles. The van der Waals surface area contributed by atoms with Gasteiger partial charge < -0.3 is 0 Å². The predicted molar refractivity (Wildman–Crippen MR) is 111 cm³/mol. The van der Waals surface area contributed by atoms with Gasteiger partial charge in [0.2, 0.25) is 0 Å². The van der Waals surface area contributed by atoms with E-state index in [0.29, 0.717) is 11.5 Å². The Morgan fingerprint density at radius 1 is 0.889 bits per heavy atom. The second kappa shape index (κ2) is 9.82. The van der Waals surface area contributed by atoms with Gasteiger partial charge in [-0.05, 0) is 60.8 Å². The molecule has 2 heteroatoms. The molecule has 1 fully saturated rings. The van der Waals surface area contributed by atoms with Gasteiger partial charge in [-0.2, -0.15) is 0 Å². The average molecular weight is 369 g/mol. The molecule has 1 saturated carbocycles. The van der Waals surface area contributed by atoms with Gasteiger partial charge in [-0.25, -0.2) is 8.78 Å². The molecule has 0 unspecified atom stereocenters. The lowest BCUT2D eigenvalue weighted by atomic mass is 9.77. The summed E-state index contributed by atoms with van der Waals surface area (Å²) in [7, 11) is 0. The van der Waals surface area contributed by atoms with Crippen molar-refractivity contribution in [3.63, 3.8) is 0 Å². The quantitative estimate of drug-likeness (QED) is 0.343. The van der Waals surface area contributed by atoms with Gasteiger partial charge in [0.25, 0.3) is 0 Å². The SMILES string of the molecule is CCCCCC1CCC(c2ccc(/C=C/c3ccc(F)cc3F)cc2)CC1. The molecule has 0 bridgehead atoms. The number of hydrogen-bond acceptors (Lipinski definition) is 0. The van der Waals surface area contributed by atoms with Gasteiger partial charge in [0.15, 0.2) is 0 Å². The lowest BCUT2D eigenvalue weighted by Gasteiger charge is -2.29. The van der Waals surface area contributed by atoms with Crippen molar-refractivity contribution in [2.75, 3.05) is 0 Å². The molecule has 3 rings (SSSR count). The zero-order chi connectivity index (χ0) is 19.1. The Morgan fingerprint density at radius 3 is 2.30 bits per heavy atom. The third kappa shape index (κ3) is 5.76. The van der Waals surface area contributed by atoms with Crippen LogP contribution in [0.25, 0.3) is 12.2 Å². The van der Waals surface area contributed by atoms with E-state index in [1.807, 2.05) is 6.08 Å². The molecule has 144 valence electrons. The van der Waals surface area contributed by atoms with Crippen molar-refractivity contribution in [1.82, 2.24) is 0 Å². The number of rotatable bonds is 7. The van der Waals surface area contributed by atoms with Crippen molar-refractivity contribution in [3.05, 3.63) is 70.8 Å². The summed E-state index contributed by atoms with van der Waals surface area (Å²) in [4.78, 5) is 0. The van der Waals surface area contributed by atoms with Gasteiger partial charge in [-0.15, -0.1) is 0 Å². The highest BCUT2D eigenvalue weighted by Crippen LogP contribution is 2.37. The molecule has 0 atom stereocenters. The van der Waals surface area contributed by atoms with E-state index in [1.54, 1.807) is 6.08 Å². The molecule has 0 amide bonds. The maximum Gasteiger partial charge on any atom is 0.133 e. The van der Waals surface area contributed by atoms with Crippen molar-refractivity contribution in [1.29, 1.82) is 0 Å². The monoisotopic (exact) mass is 368 g/mol. The average Bonchev–Trinajstić information content (AvgIpc) is 2.69. The molecule has 0 aliphatic heterocycles. The first kappa shape index (κ1) is 19.8. The van der Waals surface area contributed by atoms with Crippen molar-refractivity contribution in [2.24, 2.45) is 5.92 Å². The summed E-state index contributed by atoms with van der Waals surface area (Å²) < 4.78 is 26.7. The molecular formula is C25H30F2. The Balaban J connectivity index is 1.54. The van der Waals surface area contributed by atoms with E-state index in [-0.39, 0.29) is 0 Å². The lowest BCUT2D eigenvalue weighted by molar-refractivity contribution is 0.303. The maximum atomic E-state index is 13.7. The highest BCUT2D eigenvalue weighted by molar-refractivity contribution is 5.69. The molecule has 0 heterocycles. The number of halogens is 2. The molecule has 27 heavy (non-hydrogen) atoms. The Hall–Kier alpha value is -1.96. The standard InChI is InChI=1S/C25H30F2/c1-2-3-4-5-19-6-11-21(12-7-19)22-13-8-20(9-14-22)10-15-23-16-17-24(26)18-25(23)27/h8-10,13-19,21H,2-7,11-12H2,1H3/b15-10+. The lowest BCUT2D eigenvalue weighted by Crippen LogP contribution is -2.13. The van der Waals surface area contributed by atoms with Gasteiger partial charge in [-0.1, -0.05) is 69.0 Å². The van der Waals surface area contributed by atoms with Gasteiger partial charge in [0.1, 0.15) is 11.6 Å². The van der Waals surface area contributed by atoms with Gasteiger partial charge in [0, 0.05) is 11.6 Å². The Labute approximate surface area is 162 Å².